The monoisotopic (exact) mass is 147 g/mol. The minimum Gasteiger partial charge on any atom is -0.585 e. The highest BCUT2D eigenvalue weighted by Crippen LogP contribution is 2.09. The van der Waals surface area contributed by atoms with E-state index in [1.807, 2.05) is 30.3 Å². The molecule has 3 radical (unpaired) electrons. The van der Waals surface area contributed by atoms with Crippen LogP contribution in [0.4, 0.5) is 0 Å². The molecule has 0 aliphatic carbocycles. The molecule has 0 bridgehead atoms. The zero-order valence-electron chi connectivity index (χ0n) is 6.20. The highest BCUT2D eigenvalue weighted by Gasteiger charge is 1.99. The van der Waals surface area contributed by atoms with E-state index < -0.39 is 0 Å². The number of hydrogen-bond acceptors (Lipinski definition) is 2. The summed E-state index contributed by atoms with van der Waals surface area (Å²) in [5.41, 5.74) is 0.998. The first kappa shape index (κ1) is 8.30. The summed E-state index contributed by atoms with van der Waals surface area (Å²) >= 11 is 0. The molecule has 0 aliphatic heterocycles. The molecule has 0 fully saturated rings. The minimum atomic E-state index is -0.156. The molecular weight excluding hydrogens is 137 g/mol. The summed E-state index contributed by atoms with van der Waals surface area (Å²) < 4.78 is 0. The van der Waals surface area contributed by atoms with Gasteiger partial charge in [0.2, 0.25) is 0 Å². The SMILES string of the molecule is [B-]NC(CO)c1ccccc1. The number of hydrogen-bond donors (Lipinski definition) is 2. The maximum atomic E-state index is 8.84. The first-order valence-electron chi connectivity index (χ1n) is 3.50. The van der Waals surface area contributed by atoms with Gasteiger partial charge in [0.15, 0.2) is 0 Å². The zero-order valence-corrected chi connectivity index (χ0v) is 6.20. The number of aliphatic hydroxyl groups is 1. The van der Waals surface area contributed by atoms with E-state index in [4.69, 9.17) is 13.1 Å². The lowest BCUT2D eigenvalue weighted by Gasteiger charge is -2.22. The van der Waals surface area contributed by atoms with Crippen LogP contribution in [0, 0.1) is 0 Å². The Morgan fingerprint density at radius 1 is 1.36 bits per heavy atom. The average Bonchev–Trinajstić information content (AvgIpc) is 2.09. The van der Waals surface area contributed by atoms with Gasteiger partial charge in [-0.15, -0.1) is 0 Å². The summed E-state index contributed by atoms with van der Waals surface area (Å²) in [6.07, 6.45) is 0. The van der Waals surface area contributed by atoms with Gasteiger partial charge < -0.3 is 18.3 Å². The lowest BCUT2D eigenvalue weighted by Crippen LogP contribution is -2.21. The fourth-order valence-electron chi connectivity index (χ4n) is 0.940. The van der Waals surface area contributed by atoms with Crippen LogP contribution in [0.25, 0.3) is 0 Å². The molecule has 0 saturated carbocycles. The van der Waals surface area contributed by atoms with Crippen molar-refractivity contribution in [2.45, 2.75) is 6.04 Å². The standard InChI is InChI=1S/C8H10BNO/c9-10-8(6-11)7-4-2-1-3-5-7/h1-5,8,10-11H,6H2/q-1. The Hall–Kier alpha value is -0.795. The molecule has 1 unspecified atom stereocenters. The number of nitrogens with one attached hydrogen (secondary N) is 1. The van der Waals surface area contributed by atoms with E-state index in [1.165, 1.54) is 0 Å². The van der Waals surface area contributed by atoms with Crippen molar-refractivity contribution in [2.24, 2.45) is 0 Å². The molecule has 1 atom stereocenters. The maximum Gasteiger partial charge on any atom is 0.0591 e. The average molecular weight is 147 g/mol. The molecule has 0 heterocycles. The fraction of sp³-hybridized carbons (Fsp3) is 0.250. The summed E-state index contributed by atoms with van der Waals surface area (Å²) in [4.78, 5) is 0. The second-order valence-corrected chi connectivity index (χ2v) is 2.31. The molecule has 2 nitrogen and oxygen atoms in total. The van der Waals surface area contributed by atoms with Crippen molar-refractivity contribution < 1.29 is 5.11 Å². The summed E-state index contributed by atoms with van der Waals surface area (Å²) in [5.74, 6) is 0. The first-order chi connectivity index (χ1) is 5.38. The second-order valence-electron chi connectivity index (χ2n) is 2.31. The number of rotatable bonds is 3. The molecule has 1 aromatic carbocycles. The van der Waals surface area contributed by atoms with Gasteiger partial charge >= 0.3 is 0 Å². The Morgan fingerprint density at radius 3 is 2.45 bits per heavy atom. The van der Waals surface area contributed by atoms with Crippen molar-refractivity contribution in [3.63, 3.8) is 0 Å². The van der Waals surface area contributed by atoms with Gasteiger partial charge in [-0.3, -0.25) is 0 Å². The van der Waals surface area contributed by atoms with Crippen LogP contribution in [0.5, 0.6) is 0 Å². The van der Waals surface area contributed by atoms with Gasteiger partial charge in [0.25, 0.3) is 0 Å². The number of aliphatic hydroxyl groups excluding tert-OH is 1. The summed E-state index contributed by atoms with van der Waals surface area (Å²) in [7, 11) is 5.21. The Morgan fingerprint density at radius 2 is 2.00 bits per heavy atom. The van der Waals surface area contributed by atoms with Crippen LogP contribution in [0.15, 0.2) is 30.3 Å². The predicted molar refractivity (Wildman–Crippen MR) is 45.2 cm³/mol. The van der Waals surface area contributed by atoms with Crippen LogP contribution in [0.3, 0.4) is 0 Å². The maximum absolute atomic E-state index is 8.84. The number of benzene rings is 1. The largest absolute Gasteiger partial charge is 0.585 e. The molecule has 0 aliphatic rings. The van der Waals surface area contributed by atoms with Crippen molar-refractivity contribution in [3.8, 4) is 0 Å². The molecular formula is C8H10BNO-. The topological polar surface area (TPSA) is 32.3 Å². The van der Waals surface area contributed by atoms with E-state index in [1.54, 1.807) is 0 Å². The van der Waals surface area contributed by atoms with Crippen LogP contribution >= 0.6 is 0 Å². The van der Waals surface area contributed by atoms with Gasteiger partial charge in [0, 0.05) is 6.04 Å². The van der Waals surface area contributed by atoms with E-state index in [0.29, 0.717) is 0 Å². The van der Waals surface area contributed by atoms with Crippen LogP contribution < -0.4 is 5.23 Å². The lowest BCUT2D eigenvalue weighted by atomic mass is 10.1. The van der Waals surface area contributed by atoms with Gasteiger partial charge in [0.1, 0.15) is 0 Å². The molecule has 11 heavy (non-hydrogen) atoms. The Bertz CT molecular complexity index is 199. The third kappa shape index (κ3) is 2.07. The van der Waals surface area contributed by atoms with Crippen LogP contribution in [0.2, 0.25) is 0 Å². The van der Waals surface area contributed by atoms with Crippen molar-refractivity contribution in [1.29, 1.82) is 0 Å². The highest BCUT2D eigenvalue weighted by molar-refractivity contribution is 6.04. The lowest BCUT2D eigenvalue weighted by molar-refractivity contribution is 0.260. The molecule has 2 N–H and O–H groups in total. The van der Waals surface area contributed by atoms with Crippen molar-refractivity contribution in [1.82, 2.24) is 5.23 Å². The minimum absolute atomic E-state index is 0.0144. The van der Waals surface area contributed by atoms with E-state index >= 15 is 0 Å². The smallest absolute Gasteiger partial charge is 0.0591 e. The van der Waals surface area contributed by atoms with Gasteiger partial charge in [-0.1, -0.05) is 30.3 Å². The molecule has 3 heteroatoms. The van der Waals surface area contributed by atoms with Crippen molar-refractivity contribution in [3.05, 3.63) is 35.9 Å². The fourth-order valence-corrected chi connectivity index (χ4v) is 0.940. The highest BCUT2D eigenvalue weighted by atomic mass is 16.3. The summed E-state index contributed by atoms with van der Waals surface area (Å²) in [6.45, 7) is 0.0144. The van der Waals surface area contributed by atoms with Gasteiger partial charge in [-0.25, -0.2) is 0 Å². The van der Waals surface area contributed by atoms with Gasteiger partial charge in [-0.2, -0.15) is 0 Å². The third-order valence-electron chi connectivity index (χ3n) is 1.59. The quantitative estimate of drug-likeness (QED) is 0.606. The third-order valence-corrected chi connectivity index (χ3v) is 1.59. The Kier molecular flexibility index (Phi) is 3.14. The Labute approximate surface area is 67.7 Å². The van der Waals surface area contributed by atoms with E-state index in [0.717, 1.165) is 5.56 Å². The second kappa shape index (κ2) is 4.16. The zero-order chi connectivity index (χ0) is 8.10. The molecule has 1 rings (SSSR count). The van der Waals surface area contributed by atoms with Gasteiger partial charge in [-0.05, 0) is 5.56 Å². The van der Waals surface area contributed by atoms with E-state index in [2.05, 4.69) is 5.23 Å². The Balaban J connectivity index is 2.74. The molecule has 0 saturated heterocycles. The summed E-state index contributed by atoms with van der Waals surface area (Å²) in [5, 5.41) is 11.4. The molecule has 0 aromatic heterocycles. The van der Waals surface area contributed by atoms with E-state index in [9.17, 15) is 0 Å². The summed E-state index contributed by atoms with van der Waals surface area (Å²) in [6, 6.07) is 9.43. The predicted octanol–water partition coefficient (Wildman–Crippen LogP) is 0.393. The normalized spacial score (nSPS) is 12.9. The first-order valence-corrected chi connectivity index (χ1v) is 3.50. The van der Waals surface area contributed by atoms with Crippen LogP contribution in [-0.2, 0) is 0 Å². The molecule has 0 spiro atoms. The molecule has 57 valence electrons. The van der Waals surface area contributed by atoms with Crippen molar-refractivity contribution >= 4 is 7.98 Å². The molecule has 0 amide bonds. The van der Waals surface area contributed by atoms with Crippen LogP contribution in [-0.4, -0.2) is 19.7 Å². The van der Waals surface area contributed by atoms with Crippen LogP contribution in [0.1, 0.15) is 11.6 Å². The van der Waals surface area contributed by atoms with Crippen molar-refractivity contribution in [2.75, 3.05) is 6.61 Å². The van der Waals surface area contributed by atoms with E-state index in [-0.39, 0.29) is 12.6 Å². The molecule has 1 aromatic rings. The van der Waals surface area contributed by atoms with Gasteiger partial charge in [0.05, 0.1) is 6.61 Å².